The highest BCUT2D eigenvalue weighted by Gasteiger charge is 2.38. The van der Waals surface area contributed by atoms with Crippen molar-refractivity contribution in [2.75, 3.05) is 6.61 Å². The number of esters is 1. The van der Waals surface area contributed by atoms with Crippen molar-refractivity contribution in [3.63, 3.8) is 0 Å². The summed E-state index contributed by atoms with van der Waals surface area (Å²) < 4.78 is 42.0. The van der Waals surface area contributed by atoms with Crippen LogP contribution in [-0.4, -0.2) is 45.9 Å². The number of hydrogen-bond acceptors (Lipinski definition) is 6. The quantitative estimate of drug-likeness (QED) is 0.513. The summed E-state index contributed by atoms with van der Waals surface area (Å²) in [6.45, 7) is 1.98. The highest BCUT2D eigenvalue weighted by atomic mass is 19.4. The first-order valence-electron chi connectivity index (χ1n) is 10.2. The normalized spacial score (nSPS) is 15.5. The standard InChI is InChI=1S/C18H27NO5.C2HF3O2/c1-2-23-18(22)15-12-24-17(19-15)14(11-16(20)21)10-6-9-13-7-4-3-5-8-13;3-2(4,5)1(6)7/h12-14H,2-11H2,1H3,(H,20,21);(H,6,7). The number of halogens is 3. The van der Waals surface area contributed by atoms with E-state index in [1.54, 1.807) is 6.92 Å². The van der Waals surface area contributed by atoms with Crippen LogP contribution in [0.2, 0.25) is 0 Å². The lowest BCUT2D eigenvalue weighted by molar-refractivity contribution is -0.192. The molecule has 0 aromatic carbocycles. The van der Waals surface area contributed by atoms with Crippen LogP contribution in [0.15, 0.2) is 10.7 Å². The Hall–Kier alpha value is -2.59. The number of carboxylic acid groups (broad SMARTS) is 2. The number of rotatable bonds is 9. The van der Waals surface area contributed by atoms with Gasteiger partial charge in [0.05, 0.1) is 13.0 Å². The number of carbonyl (C=O) groups is 3. The van der Waals surface area contributed by atoms with E-state index >= 15 is 0 Å². The van der Waals surface area contributed by atoms with E-state index in [1.165, 1.54) is 38.4 Å². The molecule has 0 radical (unpaired) electrons. The maximum atomic E-state index is 11.7. The summed E-state index contributed by atoms with van der Waals surface area (Å²) in [5.74, 6) is -3.38. The zero-order valence-electron chi connectivity index (χ0n) is 17.3. The van der Waals surface area contributed by atoms with Crippen LogP contribution in [0.1, 0.15) is 87.0 Å². The Balaban J connectivity index is 0.000000592. The summed E-state index contributed by atoms with van der Waals surface area (Å²) in [6, 6.07) is 0. The molecule has 1 heterocycles. The Morgan fingerprint density at radius 1 is 1.23 bits per heavy atom. The average Bonchev–Trinajstić information content (AvgIpc) is 3.18. The molecule has 0 aliphatic heterocycles. The molecule has 1 fully saturated rings. The predicted octanol–water partition coefficient (Wildman–Crippen LogP) is 4.79. The van der Waals surface area contributed by atoms with Crippen molar-refractivity contribution in [3.05, 3.63) is 17.8 Å². The summed E-state index contributed by atoms with van der Waals surface area (Å²) in [6.07, 6.45) is 5.47. The zero-order chi connectivity index (χ0) is 23.4. The minimum absolute atomic E-state index is 0.0343. The molecule has 1 aromatic heterocycles. The van der Waals surface area contributed by atoms with Crippen LogP contribution in [-0.2, 0) is 14.3 Å². The van der Waals surface area contributed by atoms with Gasteiger partial charge in [0.1, 0.15) is 6.26 Å². The maximum Gasteiger partial charge on any atom is 0.490 e. The molecule has 0 amide bonds. The van der Waals surface area contributed by atoms with E-state index in [2.05, 4.69) is 4.98 Å². The van der Waals surface area contributed by atoms with E-state index in [-0.39, 0.29) is 24.6 Å². The molecule has 1 atom stereocenters. The summed E-state index contributed by atoms with van der Waals surface area (Å²) in [5, 5.41) is 16.3. The first kappa shape index (κ1) is 26.4. The van der Waals surface area contributed by atoms with Gasteiger partial charge in [-0.1, -0.05) is 44.9 Å². The van der Waals surface area contributed by atoms with Gasteiger partial charge >= 0.3 is 24.1 Å². The number of oxazole rings is 1. The highest BCUT2D eigenvalue weighted by molar-refractivity contribution is 5.86. The van der Waals surface area contributed by atoms with Crippen LogP contribution in [0.25, 0.3) is 0 Å². The number of carboxylic acids is 2. The van der Waals surface area contributed by atoms with Crippen LogP contribution < -0.4 is 0 Å². The van der Waals surface area contributed by atoms with Crippen LogP contribution in [0.5, 0.6) is 0 Å². The Labute approximate surface area is 177 Å². The second-order valence-corrected chi connectivity index (χ2v) is 7.32. The van der Waals surface area contributed by atoms with Crippen molar-refractivity contribution in [3.8, 4) is 0 Å². The fourth-order valence-electron chi connectivity index (χ4n) is 3.43. The van der Waals surface area contributed by atoms with Crippen molar-refractivity contribution in [1.82, 2.24) is 4.98 Å². The van der Waals surface area contributed by atoms with Crippen LogP contribution in [0.3, 0.4) is 0 Å². The van der Waals surface area contributed by atoms with Gasteiger partial charge in [0.25, 0.3) is 0 Å². The smallest absolute Gasteiger partial charge is 0.481 e. The number of carbonyl (C=O) groups excluding carboxylic acids is 1. The molecule has 1 aliphatic rings. The highest BCUT2D eigenvalue weighted by Crippen LogP contribution is 2.31. The SMILES string of the molecule is CCOC(=O)c1coc(C(CCCC2CCCCC2)CC(=O)O)n1.O=C(O)C(F)(F)F. The van der Waals surface area contributed by atoms with Crippen LogP contribution >= 0.6 is 0 Å². The molecule has 31 heavy (non-hydrogen) atoms. The molecule has 1 aromatic rings. The molecule has 0 spiro atoms. The first-order chi connectivity index (χ1) is 14.5. The summed E-state index contributed by atoms with van der Waals surface area (Å²) in [4.78, 5) is 35.8. The van der Waals surface area contributed by atoms with Gasteiger partial charge in [-0.15, -0.1) is 0 Å². The number of hydrogen-bond donors (Lipinski definition) is 2. The molecular weight excluding hydrogens is 423 g/mol. The summed E-state index contributed by atoms with van der Waals surface area (Å²) in [7, 11) is 0. The lowest BCUT2D eigenvalue weighted by atomic mass is 9.84. The third-order valence-electron chi connectivity index (χ3n) is 4.91. The monoisotopic (exact) mass is 451 g/mol. The maximum absolute atomic E-state index is 11.7. The fraction of sp³-hybridized carbons (Fsp3) is 0.700. The Morgan fingerprint density at radius 2 is 1.84 bits per heavy atom. The Kier molecular flexibility index (Phi) is 11.1. The van der Waals surface area contributed by atoms with Crippen molar-refractivity contribution in [2.45, 2.75) is 76.8 Å². The molecule has 0 saturated heterocycles. The van der Waals surface area contributed by atoms with Gasteiger partial charge in [0, 0.05) is 5.92 Å². The van der Waals surface area contributed by atoms with E-state index in [9.17, 15) is 22.8 Å². The largest absolute Gasteiger partial charge is 0.490 e. The Morgan fingerprint density at radius 3 is 2.35 bits per heavy atom. The molecule has 1 saturated carbocycles. The minimum atomic E-state index is -5.08. The lowest BCUT2D eigenvalue weighted by Crippen LogP contribution is -2.21. The van der Waals surface area contributed by atoms with Crippen LogP contribution in [0, 0.1) is 5.92 Å². The number of ether oxygens (including phenoxy) is 1. The molecule has 176 valence electrons. The fourth-order valence-corrected chi connectivity index (χ4v) is 3.43. The number of aromatic nitrogens is 1. The topological polar surface area (TPSA) is 127 Å². The Bertz CT molecular complexity index is 712. The van der Waals surface area contributed by atoms with E-state index in [1.807, 2.05) is 0 Å². The third-order valence-corrected chi connectivity index (χ3v) is 4.91. The molecule has 0 bridgehead atoms. The van der Waals surface area contributed by atoms with Gasteiger partial charge in [-0.25, -0.2) is 14.6 Å². The molecule has 2 rings (SSSR count). The summed E-state index contributed by atoms with van der Waals surface area (Å²) >= 11 is 0. The van der Waals surface area contributed by atoms with Crippen molar-refractivity contribution in [2.24, 2.45) is 5.92 Å². The molecule has 11 heteroatoms. The van der Waals surface area contributed by atoms with E-state index in [0.29, 0.717) is 12.3 Å². The van der Waals surface area contributed by atoms with E-state index in [0.717, 1.165) is 18.8 Å². The number of nitrogens with zero attached hydrogens (tertiary/aromatic N) is 1. The molecule has 8 nitrogen and oxygen atoms in total. The van der Waals surface area contributed by atoms with Crippen molar-refractivity contribution < 1.29 is 46.9 Å². The van der Waals surface area contributed by atoms with Gasteiger partial charge < -0.3 is 19.4 Å². The van der Waals surface area contributed by atoms with E-state index in [4.69, 9.17) is 24.2 Å². The second kappa shape index (κ2) is 13.0. The van der Waals surface area contributed by atoms with Crippen molar-refractivity contribution >= 4 is 17.9 Å². The molecular formula is C20H28F3NO7. The zero-order valence-corrected chi connectivity index (χ0v) is 17.3. The molecule has 2 N–H and O–H groups in total. The van der Waals surface area contributed by atoms with Gasteiger partial charge in [-0.2, -0.15) is 13.2 Å². The van der Waals surface area contributed by atoms with Crippen molar-refractivity contribution in [1.29, 1.82) is 0 Å². The second-order valence-electron chi connectivity index (χ2n) is 7.32. The van der Waals surface area contributed by atoms with E-state index < -0.39 is 24.1 Å². The third kappa shape index (κ3) is 10.3. The lowest BCUT2D eigenvalue weighted by Gasteiger charge is -2.22. The molecule has 1 unspecified atom stereocenters. The summed E-state index contributed by atoms with van der Waals surface area (Å²) in [5.41, 5.74) is 0.106. The number of alkyl halides is 3. The first-order valence-corrected chi connectivity index (χ1v) is 10.2. The van der Waals surface area contributed by atoms with Gasteiger partial charge in [0.15, 0.2) is 11.6 Å². The van der Waals surface area contributed by atoms with Gasteiger partial charge in [-0.05, 0) is 19.3 Å². The number of aliphatic carboxylic acids is 2. The average molecular weight is 451 g/mol. The minimum Gasteiger partial charge on any atom is -0.481 e. The van der Waals surface area contributed by atoms with Gasteiger partial charge in [0.2, 0.25) is 0 Å². The molecule has 1 aliphatic carbocycles. The van der Waals surface area contributed by atoms with Gasteiger partial charge in [-0.3, -0.25) is 4.79 Å². The van der Waals surface area contributed by atoms with Crippen LogP contribution in [0.4, 0.5) is 13.2 Å². The predicted molar refractivity (Wildman–Crippen MR) is 102 cm³/mol.